The zero-order valence-electron chi connectivity index (χ0n) is 11.9. The molecule has 3 rings (SSSR count). The molecule has 2 N–H and O–H groups in total. The number of benzene rings is 1. The van der Waals surface area contributed by atoms with Gasteiger partial charge < -0.3 is 10.6 Å². The Morgan fingerprint density at radius 1 is 1.36 bits per heavy atom. The molecule has 1 amide bonds. The van der Waals surface area contributed by atoms with E-state index in [-0.39, 0.29) is 11.9 Å². The Morgan fingerprint density at radius 2 is 2.18 bits per heavy atom. The van der Waals surface area contributed by atoms with Crippen LogP contribution in [-0.4, -0.2) is 39.7 Å². The van der Waals surface area contributed by atoms with Crippen LogP contribution in [0.5, 0.6) is 0 Å². The number of hydrogen-bond donors (Lipinski definition) is 1. The third kappa shape index (κ3) is 3.11. The van der Waals surface area contributed by atoms with E-state index in [4.69, 9.17) is 28.9 Å². The van der Waals surface area contributed by atoms with Gasteiger partial charge in [0.2, 0.25) is 0 Å². The summed E-state index contributed by atoms with van der Waals surface area (Å²) in [5, 5.41) is 5.26. The second-order valence-corrected chi connectivity index (χ2v) is 6.27. The molecule has 1 aliphatic rings. The first kappa shape index (κ1) is 15.3. The van der Waals surface area contributed by atoms with Crippen LogP contribution in [0.4, 0.5) is 0 Å². The summed E-state index contributed by atoms with van der Waals surface area (Å²) in [7, 11) is 0. The number of amides is 1. The molecule has 1 aromatic heterocycles. The van der Waals surface area contributed by atoms with Gasteiger partial charge in [0.1, 0.15) is 0 Å². The van der Waals surface area contributed by atoms with Crippen molar-refractivity contribution < 1.29 is 4.79 Å². The molecule has 1 aliphatic heterocycles. The third-order valence-corrected chi connectivity index (χ3v) is 4.27. The predicted molar refractivity (Wildman–Crippen MR) is 86.7 cm³/mol. The lowest BCUT2D eigenvalue weighted by molar-refractivity contribution is 0.0709. The number of nitrogens with zero attached hydrogens (tertiary/aromatic N) is 3. The number of rotatable bonds is 2. The number of hydrogen-bond acceptors (Lipinski definition) is 3. The van der Waals surface area contributed by atoms with Crippen molar-refractivity contribution >= 4 is 29.1 Å². The van der Waals surface area contributed by atoms with Crippen molar-refractivity contribution in [2.75, 3.05) is 13.1 Å². The fourth-order valence-electron chi connectivity index (χ4n) is 2.61. The summed E-state index contributed by atoms with van der Waals surface area (Å²) >= 11 is 12.1. The Hall–Kier alpha value is -1.56. The molecule has 1 aromatic carbocycles. The highest BCUT2D eigenvalue weighted by molar-refractivity contribution is 6.35. The maximum atomic E-state index is 12.5. The Labute approximate surface area is 138 Å². The number of nitrogens with two attached hydrogens (primary N) is 1. The zero-order chi connectivity index (χ0) is 15.7. The Morgan fingerprint density at radius 3 is 2.91 bits per heavy atom. The van der Waals surface area contributed by atoms with E-state index in [0.29, 0.717) is 27.8 Å². The summed E-state index contributed by atoms with van der Waals surface area (Å²) in [6.07, 6.45) is 5.12. The molecule has 0 saturated carbocycles. The molecule has 2 heterocycles. The normalized spacial score (nSPS) is 18.5. The van der Waals surface area contributed by atoms with E-state index in [9.17, 15) is 4.79 Å². The molecule has 0 bridgehead atoms. The van der Waals surface area contributed by atoms with Crippen molar-refractivity contribution in [2.24, 2.45) is 5.73 Å². The first-order valence-electron chi connectivity index (χ1n) is 7.09. The summed E-state index contributed by atoms with van der Waals surface area (Å²) < 4.78 is 1.58. The van der Waals surface area contributed by atoms with Gasteiger partial charge in [-0.15, -0.1) is 0 Å². The van der Waals surface area contributed by atoms with Gasteiger partial charge in [-0.05, 0) is 31.0 Å². The van der Waals surface area contributed by atoms with Crippen LogP contribution in [0.3, 0.4) is 0 Å². The smallest absolute Gasteiger partial charge is 0.257 e. The molecule has 0 radical (unpaired) electrons. The number of piperidine rings is 1. The van der Waals surface area contributed by atoms with Gasteiger partial charge in [0.25, 0.3) is 5.91 Å². The van der Waals surface area contributed by atoms with E-state index in [1.54, 1.807) is 40.2 Å². The van der Waals surface area contributed by atoms with Gasteiger partial charge in [-0.25, -0.2) is 4.68 Å². The lowest BCUT2D eigenvalue weighted by Gasteiger charge is -2.30. The summed E-state index contributed by atoms with van der Waals surface area (Å²) in [4.78, 5) is 14.3. The summed E-state index contributed by atoms with van der Waals surface area (Å²) in [5.74, 6) is -0.0496. The Kier molecular flexibility index (Phi) is 4.38. The quantitative estimate of drug-likeness (QED) is 0.915. The van der Waals surface area contributed by atoms with Crippen molar-refractivity contribution in [1.29, 1.82) is 0 Å². The van der Waals surface area contributed by atoms with Crippen molar-refractivity contribution in [1.82, 2.24) is 14.7 Å². The van der Waals surface area contributed by atoms with E-state index < -0.39 is 0 Å². The van der Waals surface area contributed by atoms with Gasteiger partial charge in [0.15, 0.2) is 0 Å². The maximum Gasteiger partial charge on any atom is 0.257 e. The van der Waals surface area contributed by atoms with Crippen LogP contribution in [0.2, 0.25) is 10.0 Å². The highest BCUT2D eigenvalue weighted by Crippen LogP contribution is 2.24. The van der Waals surface area contributed by atoms with Crippen molar-refractivity contribution in [3.8, 4) is 5.69 Å². The number of aromatic nitrogens is 2. The average Bonchev–Trinajstić information content (AvgIpc) is 2.96. The van der Waals surface area contributed by atoms with Crippen molar-refractivity contribution in [3.63, 3.8) is 0 Å². The fourth-order valence-corrected chi connectivity index (χ4v) is 3.10. The van der Waals surface area contributed by atoms with Crippen molar-refractivity contribution in [2.45, 2.75) is 18.9 Å². The number of carbonyl (C=O) groups excluding carboxylic acids is 1. The molecule has 116 valence electrons. The predicted octanol–water partition coefficient (Wildman–Crippen LogP) is 2.74. The molecule has 0 unspecified atom stereocenters. The molecular formula is C15H16Cl2N4O. The third-order valence-electron chi connectivity index (χ3n) is 3.73. The highest BCUT2D eigenvalue weighted by Gasteiger charge is 2.23. The molecule has 5 nitrogen and oxygen atoms in total. The van der Waals surface area contributed by atoms with E-state index in [1.807, 2.05) is 0 Å². The minimum absolute atomic E-state index is 0.0496. The van der Waals surface area contributed by atoms with Crippen LogP contribution in [-0.2, 0) is 0 Å². The van der Waals surface area contributed by atoms with E-state index in [0.717, 1.165) is 19.4 Å². The summed E-state index contributed by atoms with van der Waals surface area (Å²) in [6.45, 7) is 1.32. The highest BCUT2D eigenvalue weighted by atomic mass is 35.5. The van der Waals surface area contributed by atoms with E-state index >= 15 is 0 Å². The number of carbonyl (C=O) groups is 1. The molecule has 0 aliphatic carbocycles. The molecule has 22 heavy (non-hydrogen) atoms. The van der Waals surface area contributed by atoms with Crippen LogP contribution in [0.25, 0.3) is 5.69 Å². The lowest BCUT2D eigenvalue weighted by atomic mass is 10.1. The summed E-state index contributed by atoms with van der Waals surface area (Å²) in [6, 6.07) is 5.20. The number of likely N-dealkylation sites (tertiary alicyclic amines) is 1. The fraction of sp³-hybridized carbons (Fsp3) is 0.333. The van der Waals surface area contributed by atoms with Crippen LogP contribution < -0.4 is 5.73 Å². The SMILES string of the molecule is N[C@@H]1CCCN(C(=O)c2cnn(-c3ccc(Cl)cc3Cl)c2)C1. The van der Waals surface area contributed by atoms with Gasteiger partial charge in [-0.2, -0.15) is 5.10 Å². The van der Waals surface area contributed by atoms with Gasteiger partial charge in [0.05, 0.1) is 22.5 Å². The second-order valence-electron chi connectivity index (χ2n) is 5.42. The molecule has 1 fully saturated rings. The molecule has 2 aromatic rings. The molecular weight excluding hydrogens is 323 g/mol. The first-order chi connectivity index (χ1) is 10.5. The minimum atomic E-state index is -0.0496. The van der Waals surface area contributed by atoms with Crippen molar-refractivity contribution in [3.05, 3.63) is 46.2 Å². The molecule has 1 saturated heterocycles. The van der Waals surface area contributed by atoms with E-state index in [2.05, 4.69) is 5.10 Å². The first-order valence-corrected chi connectivity index (χ1v) is 7.85. The van der Waals surface area contributed by atoms with Crippen LogP contribution in [0.15, 0.2) is 30.6 Å². The monoisotopic (exact) mass is 338 g/mol. The van der Waals surface area contributed by atoms with Crippen LogP contribution in [0.1, 0.15) is 23.2 Å². The maximum absolute atomic E-state index is 12.5. The molecule has 1 atom stereocenters. The van der Waals surface area contributed by atoms with Gasteiger partial charge in [0, 0.05) is 30.4 Å². The topological polar surface area (TPSA) is 64.2 Å². The van der Waals surface area contributed by atoms with Gasteiger partial charge in [-0.3, -0.25) is 4.79 Å². The second kappa shape index (κ2) is 6.28. The zero-order valence-corrected chi connectivity index (χ0v) is 13.4. The standard InChI is InChI=1S/C15H16Cl2N4O/c16-11-3-4-14(13(17)6-11)21-8-10(7-19-21)15(22)20-5-1-2-12(18)9-20/h3-4,6-8,12H,1-2,5,9,18H2/t12-/m1/s1. The summed E-state index contributed by atoms with van der Waals surface area (Å²) in [5.41, 5.74) is 7.14. The van der Waals surface area contributed by atoms with E-state index in [1.165, 1.54) is 0 Å². The molecule has 7 heteroatoms. The van der Waals surface area contributed by atoms with Gasteiger partial charge >= 0.3 is 0 Å². The van der Waals surface area contributed by atoms with Gasteiger partial charge in [-0.1, -0.05) is 23.2 Å². The number of halogens is 2. The van der Waals surface area contributed by atoms with Crippen LogP contribution >= 0.6 is 23.2 Å². The lowest BCUT2D eigenvalue weighted by Crippen LogP contribution is -2.45. The molecule has 0 spiro atoms. The Balaban J connectivity index is 1.82. The average molecular weight is 339 g/mol. The van der Waals surface area contributed by atoms with Crippen LogP contribution in [0, 0.1) is 0 Å². The largest absolute Gasteiger partial charge is 0.337 e. The Bertz CT molecular complexity index is 701. The minimum Gasteiger partial charge on any atom is -0.337 e.